The minimum absolute atomic E-state index is 0.225. The average molecular weight is 366 g/mol. The highest BCUT2D eigenvalue weighted by Crippen LogP contribution is 2.38. The molecule has 1 aliphatic rings. The van der Waals surface area contributed by atoms with Crippen molar-refractivity contribution in [2.75, 3.05) is 34.2 Å². The maximum Gasteiger partial charge on any atom is 0.230 e. The summed E-state index contributed by atoms with van der Waals surface area (Å²) >= 11 is 1.72. The molecular weight excluding hydrogens is 334 g/mol. The molecule has 0 radical (unpaired) electrons. The summed E-state index contributed by atoms with van der Waals surface area (Å²) in [5.41, 5.74) is 0.839. The zero-order valence-corrected chi connectivity index (χ0v) is 16.7. The van der Waals surface area contributed by atoms with Crippen molar-refractivity contribution < 1.29 is 4.79 Å². The molecule has 1 saturated carbocycles. The molecule has 0 saturated heterocycles. The molecule has 140 valence electrons. The van der Waals surface area contributed by atoms with Gasteiger partial charge in [-0.1, -0.05) is 19.8 Å². The molecule has 0 aliphatic heterocycles. The maximum atomic E-state index is 12.6. The van der Waals surface area contributed by atoms with Gasteiger partial charge in [0.15, 0.2) is 5.96 Å². The van der Waals surface area contributed by atoms with Crippen molar-refractivity contribution >= 4 is 23.2 Å². The van der Waals surface area contributed by atoms with Crippen LogP contribution in [0.3, 0.4) is 0 Å². The first kappa shape index (κ1) is 19.7. The Morgan fingerprint density at radius 2 is 2.08 bits per heavy atom. The summed E-state index contributed by atoms with van der Waals surface area (Å²) in [7, 11) is 5.45. The van der Waals surface area contributed by atoms with Gasteiger partial charge in [-0.3, -0.25) is 9.79 Å². The van der Waals surface area contributed by atoms with E-state index in [-0.39, 0.29) is 11.3 Å². The summed E-state index contributed by atoms with van der Waals surface area (Å²) in [6, 6.07) is 0. The predicted molar refractivity (Wildman–Crippen MR) is 104 cm³/mol. The molecule has 0 spiro atoms. The number of thiazole rings is 1. The lowest BCUT2D eigenvalue weighted by Crippen LogP contribution is -2.49. The van der Waals surface area contributed by atoms with Gasteiger partial charge in [-0.15, -0.1) is 11.3 Å². The molecule has 25 heavy (non-hydrogen) atoms. The number of hydrogen-bond acceptors (Lipinski definition) is 4. The molecule has 1 fully saturated rings. The first-order valence-electron chi connectivity index (χ1n) is 9.10. The Bertz CT molecular complexity index is 590. The van der Waals surface area contributed by atoms with Gasteiger partial charge in [0.25, 0.3) is 0 Å². The van der Waals surface area contributed by atoms with E-state index in [1.54, 1.807) is 23.3 Å². The van der Waals surface area contributed by atoms with Crippen LogP contribution in [0, 0.1) is 5.41 Å². The highest BCUT2D eigenvalue weighted by atomic mass is 32.1. The Morgan fingerprint density at radius 1 is 1.36 bits per heavy atom. The third-order valence-corrected chi connectivity index (χ3v) is 5.86. The number of nitrogens with zero attached hydrogens (tertiary/aromatic N) is 3. The number of aliphatic imine (C=N–C) groups is 1. The fourth-order valence-corrected chi connectivity index (χ4v) is 4.18. The van der Waals surface area contributed by atoms with Gasteiger partial charge in [-0.2, -0.15) is 0 Å². The van der Waals surface area contributed by atoms with Crippen molar-refractivity contribution in [2.45, 2.75) is 45.4 Å². The lowest BCUT2D eigenvalue weighted by molar-refractivity contribution is -0.138. The molecule has 1 aliphatic carbocycles. The van der Waals surface area contributed by atoms with Crippen LogP contribution in [-0.4, -0.2) is 56.0 Å². The van der Waals surface area contributed by atoms with E-state index in [0.29, 0.717) is 6.54 Å². The van der Waals surface area contributed by atoms with Crippen LogP contribution in [0.5, 0.6) is 0 Å². The minimum atomic E-state index is -0.286. The second-order valence-electron chi connectivity index (χ2n) is 6.88. The normalized spacial score (nSPS) is 16.7. The quantitative estimate of drug-likeness (QED) is 0.573. The van der Waals surface area contributed by atoms with Crippen LogP contribution in [-0.2, 0) is 17.6 Å². The Kier molecular flexibility index (Phi) is 7.23. The zero-order chi connectivity index (χ0) is 18.3. The van der Waals surface area contributed by atoms with Gasteiger partial charge in [0.1, 0.15) is 0 Å². The molecular formula is C18H31N5OS. The number of aromatic nitrogens is 1. The summed E-state index contributed by atoms with van der Waals surface area (Å²) in [5.74, 6) is 0.978. The number of amides is 1. The lowest BCUT2D eigenvalue weighted by atomic mass is 9.84. The third-order valence-electron chi connectivity index (χ3n) is 4.81. The summed E-state index contributed by atoms with van der Waals surface area (Å²) in [4.78, 5) is 23.2. The van der Waals surface area contributed by atoms with Gasteiger partial charge in [0.05, 0.1) is 16.1 Å². The molecule has 1 heterocycles. The lowest BCUT2D eigenvalue weighted by Gasteiger charge is -2.31. The Hall–Kier alpha value is -1.63. The molecule has 2 N–H and O–H groups in total. The van der Waals surface area contributed by atoms with Crippen LogP contribution in [0.1, 0.15) is 43.3 Å². The number of carbonyl (C=O) groups excluding carboxylic acids is 1. The molecule has 0 unspecified atom stereocenters. The van der Waals surface area contributed by atoms with E-state index in [0.717, 1.165) is 56.7 Å². The molecule has 0 atom stereocenters. The van der Waals surface area contributed by atoms with Crippen LogP contribution in [0.25, 0.3) is 0 Å². The first-order chi connectivity index (χ1) is 12.0. The van der Waals surface area contributed by atoms with Crippen molar-refractivity contribution in [1.29, 1.82) is 0 Å². The minimum Gasteiger partial charge on any atom is -0.356 e. The van der Waals surface area contributed by atoms with Gasteiger partial charge < -0.3 is 15.5 Å². The van der Waals surface area contributed by atoms with E-state index >= 15 is 0 Å². The van der Waals surface area contributed by atoms with Crippen molar-refractivity contribution in [3.63, 3.8) is 0 Å². The largest absolute Gasteiger partial charge is 0.356 e. The first-order valence-corrected chi connectivity index (χ1v) is 9.98. The third kappa shape index (κ3) is 5.17. The van der Waals surface area contributed by atoms with E-state index in [1.807, 2.05) is 14.1 Å². The van der Waals surface area contributed by atoms with E-state index in [9.17, 15) is 4.79 Å². The Morgan fingerprint density at radius 3 is 2.64 bits per heavy atom. The number of hydrogen-bond donors (Lipinski definition) is 2. The smallest absolute Gasteiger partial charge is 0.230 e. The SMILES string of the molecule is CCc1nc(CCNC(=NC)NCC2(C(=O)N(C)C)CCCC2)cs1. The summed E-state index contributed by atoms with van der Waals surface area (Å²) in [6.45, 7) is 3.54. The zero-order valence-electron chi connectivity index (χ0n) is 15.9. The summed E-state index contributed by atoms with van der Waals surface area (Å²) < 4.78 is 0. The van der Waals surface area contributed by atoms with E-state index < -0.39 is 0 Å². The Balaban J connectivity index is 1.83. The summed E-state index contributed by atoms with van der Waals surface area (Å²) in [6.07, 6.45) is 6.01. The topological polar surface area (TPSA) is 69.6 Å². The number of rotatable bonds is 7. The molecule has 1 aromatic rings. The highest BCUT2D eigenvalue weighted by Gasteiger charge is 2.42. The van der Waals surface area contributed by atoms with Crippen LogP contribution in [0.2, 0.25) is 0 Å². The molecule has 2 rings (SSSR count). The number of nitrogens with one attached hydrogen (secondary N) is 2. The van der Waals surface area contributed by atoms with Gasteiger partial charge in [-0.25, -0.2) is 4.98 Å². The van der Waals surface area contributed by atoms with Crippen LogP contribution in [0.15, 0.2) is 10.4 Å². The monoisotopic (exact) mass is 365 g/mol. The van der Waals surface area contributed by atoms with Gasteiger partial charge in [0.2, 0.25) is 5.91 Å². The van der Waals surface area contributed by atoms with Crippen molar-refractivity contribution in [3.05, 3.63) is 16.1 Å². The van der Waals surface area contributed by atoms with E-state index in [4.69, 9.17) is 0 Å². The molecule has 7 heteroatoms. The van der Waals surface area contributed by atoms with Crippen LogP contribution in [0.4, 0.5) is 0 Å². The van der Waals surface area contributed by atoms with Crippen molar-refractivity contribution in [3.8, 4) is 0 Å². The molecule has 1 amide bonds. The summed E-state index contributed by atoms with van der Waals surface area (Å²) in [5, 5.41) is 10.0. The fourth-order valence-electron chi connectivity index (χ4n) is 3.40. The van der Waals surface area contributed by atoms with Crippen molar-refractivity contribution in [1.82, 2.24) is 20.5 Å². The van der Waals surface area contributed by atoms with Gasteiger partial charge >= 0.3 is 0 Å². The Labute approximate surface area is 155 Å². The van der Waals surface area contributed by atoms with Crippen LogP contribution >= 0.6 is 11.3 Å². The highest BCUT2D eigenvalue weighted by molar-refractivity contribution is 7.09. The molecule has 6 nitrogen and oxygen atoms in total. The number of carbonyl (C=O) groups is 1. The number of aryl methyl sites for hydroxylation is 1. The van der Waals surface area contributed by atoms with Crippen molar-refractivity contribution in [2.24, 2.45) is 10.4 Å². The second kappa shape index (κ2) is 9.17. The van der Waals surface area contributed by atoms with Crippen LogP contribution < -0.4 is 10.6 Å². The second-order valence-corrected chi connectivity index (χ2v) is 7.82. The van der Waals surface area contributed by atoms with E-state index in [2.05, 4.69) is 32.9 Å². The van der Waals surface area contributed by atoms with Gasteiger partial charge in [-0.05, 0) is 19.3 Å². The predicted octanol–water partition coefficient (Wildman–Crippen LogP) is 2.06. The number of guanidine groups is 1. The molecule has 1 aromatic heterocycles. The fraction of sp³-hybridized carbons (Fsp3) is 0.722. The average Bonchev–Trinajstić information content (AvgIpc) is 3.27. The molecule has 0 bridgehead atoms. The molecule has 0 aromatic carbocycles. The standard InChI is InChI=1S/C18H31N5OS/c1-5-15-22-14(12-25-15)8-11-20-17(19-2)21-13-18(9-6-7-10-18)16(24)23(3)4/h12H,5-11,13H2,1-4H3,(H2,19,20,21). The maximum absolute atomic E-state index is 12.6. The van der Waals surface area contributed by atoms with Gasteiger partial charge in [0, 0.05) is 46.0 Å². The van der Waals surface area contributed by atoms with E-state index in [1.165, 1.54) is 5.01 Å².